The van der Waals surface area contributed by atoms with Crippen LogP contribution in [-0.4, -0.2) is 25.1 Å². The van der Waals surface area contributed by atoms with Gasteiger partial charge in [-0.2, -0.15) is 0 Å². The van der Waals surface area contributed by atoms with Crippen molar-refractivity contribution >= 4 is 32.7 Å². The molecule has 4 rings (SSSR count). The van der Waals surface area contributed by atoms with Crippen LogP contribution in [0, 0.1) is 0 Å². The number of fused-ring (bicyclic) bond motifs is 3. The van der Waals surface area contributed by atoms with Gasteiger partial charge in [0.2, 0.25) is 0 Å². The number of ether oxygens (including phenoxy) is 2. The Bertz CT molecular complexity index is 1010. The van der Waals surface area contributed by atoms with Crippen LogP contribution in [0.3, 0.4) is 0 Å². The maximum Gasteiger partial charge on any atom is 0.255 e. The van der Waals surface area contributed by atoms with E-state index in [1.54, 1.807) is 32.4 Å². The van der Waals surface area contributed by atoms with E-state index in [9.17, 15) is 4.79 Å². The Morgan fingerprint density at radius 2 is 2.07 bits per heavy atom. The number of carbonyl (C=O) groups excluding carboxylic acids is 1. The van der Waals surface area contributed by atoms with Gasteiger partial charge in [-0.3, -0.25) is 4.79 Å². The molecule has 0 saturated carbocycles. The molecule has 0 spiro atoms. The molecular formula is C21H21BrN2O3. The van der Waals surface area contributed by atoms with E-state index in [0.717, 1.165) is 34.9 Å². The summed E-state index contributed by atoms with van der Waals surface area (Å²) >= 11 is 3.55. The minimum atomic E-state index is -0.163. The molecule has 1 heterocycles. The lowest BCUT2D eigenvalue weighted by molar-refractivity contribution is 0.0928. The Morgan fingerprint density at radius 1 is 1.22 bits per heavy atom. The summed E-state index contributed by atoms with van der Waals surface area (Å²) < 4.78 is 11.8. The molecule has 27 heavy (non-hydrogen) atoms. The minimum absolute atomic E-state index is 0.0525. The van der Waals surface area contributed by atoms with E-state index in [1.807, 2.05) is 6.07 Å². The van der Waals surface area contributed by atoms with Gasteiger partial charge in [0.25, 0.3) is 5.91 Å². The van der Waals surface area contributed by atoms with E-state index in [1.165, 1.54) is 10.9 Å². The number of benzene rings is 2. The molecule has 1 aromatic heterocycles. The number of para-hydroxylation sites is 1. The van der Waals surface area contributed by atoms with Crippen LogP contribution >= 0.6 is 15.9 Å². The Labute approximate surface area is 166 Å². The van der Waals surface area contributed by atoms with Crippen LogP contribution in [0.25, 0.3) is 10.9 Å². The molecule has 0 fully saturated rings. The van der Waals surface area contributed by atoms with Gasteiger partial charge in [0, 0.05) is 21.1 Å². The first-order valence-corrected chi connectivity index (χ1v) is 9.73. The molecule has 2 aromatic carbocycles. The average Bonchev–Trinajstić information content (AvgIpc) is 3.06. The van der Waals surface area contributed by atoms with Crippen LogP contribution < -0.4 is 14.8 Å². The number of halogens is 1. The summed E-state index contributed by atoms with van der Waals surface area (Å²) in [5, 5.41) is 4.40. The quantitative estimate of drug-likeness (QED) is 0.629. The molecule has 3 aromatic rings. The second-order valence-corrected chi connectivity index (χ2v) is 7.58. The standard InChI is InChI=1S/C21H21BrN2O3/c1-26-18-8-4-6-14(20(18)27-2)21(25)24-17-7-3-5-13-15-11-12(22)9-10-16(15)23-19(13)17/h4,6,8-11,17,23H,3,5,7H2,1-2H3,(H,24,25). The lowest BCUT2D eigenvalue weighted by Crippen LogP contribution is -2.31. The first kappa shape index (κ1) is 17.9. The van der Waals surface area contributed by atoms with E-state index >= 15 is 0 Å². The number of rotatable bonds is 4. The number of aryl methyl sites for hydroxylation is 1. The molecule has 0 saturated heterocycles. The van der Waals surface area contributed by atoms with Gasteiger partial charge in [-0.05, 0) is 55.2 Å². The minimum Gasteiger partial charge on any atom is -0.493 e. The van der Waals surface area contributed by atoms with Gasteiger partial charge < -0.3 is 19.8 Å². The highest BCUT2D eigenvalue weighted by Gasteiger charge is 2.27. The summed E-state index contributed by atoms with van der Waals surface area (Å²) in [6.45, 7) is 0. The zero-order chi connectivity index (χ0) is 19.0. The third kappa shape index (κ3) is 3.18. The van der Waals surface area contributed by atoms with E-state index < -0.39 is 0 Å². The highest BCUT2D eigenvalue weighted by Crippen LogP contribution is 2.37. The first-order valence-electron chi connectivity index (χ1n) is 8.94. The molecule has 0 bridgehead atoms. The van der Waals surface area contributed by atoms with Gasteiger partial charge in [0.05, 0.1) is 25.8 Å². The van der Waals surface area contributed by atoms with Gasteiger partial charge in [-0.25, -0.2) is 0 Å². The normalized spacial score (nSPS) is 16.0. The number of H-pyrrole nitrogens is 1. The number of hydrogen-bond acceptors (Lipinski definition) is 3. The van der Waals surface area contributed by atoms with E-state index in [2.05, 4.69) is 38.4 Å². The lowest BCUT2D eigenvalue weighted by Gasteiger charge is -2.24. The molecule has 5 nitrogen and oxygen atoms in total. The highest BCUT2D eigenvalue weighted by molar-refractivity contribution is 9.10. The van der Waals surface area contributed by atoms with Crippen molar-refractivity contribution in [3.05, 3.63) is 57.7 Å². The third-order valence-corrected chi connectivity index (χ3v) is 5.62. The fraction of sp³-hybridized carbons (Fsp3) is 0.286. The number of nitrogens with one attached hydrogen (secondary N) is 2. The predicted molar refractivity (Wildman–Crippen MR) is 109 cm³/mol. The van der Waals surface area contributed by atoms with E-state index in [0.29, 0.717) is 17.1 Å². The zero-order valence-corrected chi connectivity index (χ0v) is 16.9. The molecule has 1 atom stereocenters. The van der Waals surface area contributed by atoms with Crippen LogP contribution in [-0.2, 0) is 6.42 Å². The molecular weight excluding hydrogens is 408 g/mol. The fourth-order valence-corrected chi connectivity index (χ4v) is 4.24. The number of hydrogen-bond donors (Lipinski definition) is 2. The maximum atomic E-state index is 13.0. The molecule has 6 heteroatoms. The number of aromatic amines is 1. The summed E-state index contributed by atoms with van der Waals surface area (Å²) in [5.41, 5.74) is 3.97. The Hall–Kier alpha value is -2.47. The van der Waals surface area contributed by atoms with Crippen molar-refractivity contribution < 1.29 is 14.3 Å². The molecule has 2 N–H and O–H groups in total. The monoisotopic (exact) mass is 428 g/mol. The van der Waals surface area contributed by atoms with Gasteiger partial charge in [0.15, 0.2) is 11.5 Å². The van der Waals surface area contributed by atoms with E-state index in [4.69, 9.17) is 9.47 Å². The summed E-state index contributed by atoms with van der Waals surface area (Å²) in [7, 11) is 3.11. The van der Waals surface area contributed by atoms with Crippen molar-refractivity contribution in [3.63, 3.8) is 0 Å². The van der Waals surface area contributed by atoms with Crippen LogP contribution in [0.1, 0.15) is 40.5 Å². The van der Waals surface area contributed by atoms with Crippen LogP contribution in [0.15, 0.2) is 40.9 Å². The SMILES string of the molecule is COc1cccc(C(=O)NC2CCCc3c2[nH]c2ccc(Br)cc32)c1OC. The molecule has 1 amide bonds. The van der Waals surface area contributed by atoms with Crippen molar-refractivity contribution in [2.24, 2.45) is 0 Å². The van der Waals surface area contributed by atoms with Gasteiger partial charge in [0.1, 0.15) is 0 Å². The van der Waals surface area contributed by atoms with Gasteiger partial charge in [-0.15, -0.1) is 0 Å². The smallest absolute Gasteiger partial charge is 0.255 e. The molecule has 140 valence electrons. The Kier molecular flexibility index (Phi) is 4.83. The van der Waals surface area contributed by atoms with Crippen molar-refractivity contribution in [3.8, 4) is 11.5 Å². The Balaban J connectivity index is 1.67. The summed E-state index contributed by atoms with van der Waals surface area (Å²) in [5.74, 6) is 0.836. The zero-order valence-electron chi connectivity index (χ0n) is 15.3. The van der Waals surface area contributed by atoms with Crippen LogP contribution in [0.4, 0.5) is 0 Å². The van der Waals surface area contributed by atoms with Crippen molar-refractivity contribution in [1.29, 1.82) is 0 Å². The molecule has 1 aliphatic rings. The molecule has 0 aliphatic heterocycles. The van der Waals surface area contributed by atoms with Crippen LogP contribution in [0.5, 0.6) is 11.5 Å². The average molecular weight is 429 g/mol. The van der Waals surface area contributed by atoms with Crippen molar-refractivity contribution in [1.82, 2.24) is 10.3 Å². The van der Waals surface area contributed by atoms with Crippen LogP contribution in [0.2, 0.25) is 0 Å². The lowest BCUT2D eigenvalue weighted by atomic mass is 9.91. The Morgan fingerprint density at radius 3 is 2.85 bits per heavy atom. The molecule has 1 unspecified atom stereocenters. The second kappa shape index (κ2) is 7.27. The summed E-state index contributed by atoms with van der Waals surface area (Å²) in [4.78, 5) is 16.5. The largest absolute Gasteiger partial charge is 0.493 e. The van der Waals surface area contributed by atoms with E-state index in [-0.39, 0.29) is 11.9 Å². The third-order valence-electron chi connectivity index (χ3n) is 5.12. The fourth-order valence-electron chi connectivity index (χ4n) is 3.88. The predicted octanol–water partition coefficient (Wildman–Crippen LogP) is 4.76. The number of aromatic nitrogens is 1. The molecule has 0 radical (unpaired) electrons. The maximum absolute atomic E-state index is 13.0. The number of amides is 1. The topological polar surface area (TPSA) is 63.3 Å². The number of methoxy groups -OCH3 is 2. The number of carbonyl (C=O) groups is 1. The highest BCUT2D eigenvalue weighted by atomic mass is 79.9. The van der Waals surface area contributed by atoms with Crippen molar-refractivity contribution in [2.45, 2.75) is 25.3 Å². The van der Waals surface area contributed by atoms with Crippen molar-refractivity contribution in [2.75, 3.05) is 14.2 Å². The summed E-state index contributed by atoms with van der Waals surface area (Å²) in [6.07, 6.45) is 2.95. The first-order chi connectivity index (χ1) is 13.1. The van der Waals surface area contributed by atoms with Gasteiger partial charge >= 0.3 is 0 Å². The second-order valence-electron chi connectivity index (χ2n) is 6.67. The molecule has 1 aliphatic carbocycles. The summed E-state index contributed by atoms with van der Waals surface area (Å²) in [6, 6.07) is 11.5. The van der Waals surface area contributed by atoms with Gasteiger partial charge in [-0.1, -0.05) is 22.0 Å².